The van der Waals surface area contributed by atoms with Gasteiger partial charge in [-0.05, 0) is 43.0 Å². The molecule has 1 aliphatic heterocycles. The third-order valence-corrected chi connectivity index (χ3v) is 9.33. The van der Waals surface area contributed by atoms with Crippen LogP contribution in [0, 0.1) is 0 Å². The number of carbonyl (C=O) groups excluding carboxylic acids is 1. The Kier molecular flexibility index (Phi) is 9.25. The lowest BCUT2D eigenvalue weighted by Crippen LogP contribution is -2.48. The van der Waals surface area contributed by atoms with Crippen LogP contribution in [-0.4, -0.2) is 72.6 Å². The smallest absolute Gasteiger partial charge is 0.407 e. The molecule has 1 amide bonds. The van der Waals surface area contributed by atoms with E-state index in [0.717, 1.165) is 31.2 Å². The molecular weight excluding hydrogens is 534 g/mol. The van der Waals surface area contributed by atoms with Crippen LogP contribution < -0.4 is 5.32 Å². The van der Waals surface area contributed by atoms with Gasteiger partial charge in [0.05, 0.1) is 47.4 Å². The monoisotopic (exact) mass is 569 g/mol. The number of aromatic nitrogens is 2. The molecular formula is C29H35N3O7S. The van der Waals surface area contributed by atoms with Gasteiger partial charge in [0.25, 0.3) is 0 Å². The summed E-state index contributed by atoms with van der Waals surface area (Å²) in [6.45, 7) is 0.845. The highest BCUT2D eigenvalue weighted by Gasteiger charge is 2.37. The molecule has 2 aromatic carbocycles. The summed E-state index contributed by atoms with van der Waals surface area (Å²) in [6.07, 6.45) is 4.63. The number of fused-ring (bicyclic) bond motifs is 1. The van der Waals surface area contributed by atoms with Gasteiger partial charge in [0.15, 0.2) is 5.44 Å². The van der Waals surface area contributed by atoms with Crippen LogP contribution >= 0.6 is 0 Å². The Morgan fingerprint density at radius 2 is 1.77 bits per heavy atom. The van der Waals surface area contributed by atoms with Crippen LogP contribution in [0.1, 0.15) is 44.1 Å². The van der Waals surface area contributed by atoms with Crippen molar-refractivity contribution >= 4 is 27.0 Å². The van der Waals surface area contributed by atoms with Gasteiger partial charge in [-0.15, -0.1) is 0 Å². The number of alkyl carbamates (subject to hydrolysis) is 1. The van der Waals surface area contributed by atoms with Crippen LogP contribution in [0.4, 0.5) is 4.79 Å². The van der Waals surface area contributed by atoms with E-state index >= 15 is 0 Å². The van der Waals surface area contributed by atoms with E-state index in [1.165, 1.54) is 18.3 Å². The number of sulfone groups is 1. The predicted molar refractivity (Wildman–Crippen MR) is 147 cm³/mol. The molecule has 2 N–H and O–H groups in total. The SMILES string of the molecule is O=C(N[C@@H](Cc1ccccc1)[C@H](O)CC(OC1CCCC1)S(=O)(=O)c1ccc2nccnc2c1)O[C@@H]1CCOC1. The highest BCUT2D eigenvalue weighted by molar-refractivity contribution is 7.92. The number of hydrogen-bond donors (Lipinski definition) is 2. The molecule has 4 atom stereocenters. The number of aliphatic hydroxyl groups excluding tert-OH is 1. The standard InChI is InChI=1S/C29H35N3O7S/c33-27(26(16-20-6-2-1-3-7-20)32-29(34)39-22-12-15-37-19-22)18-28(38-21-8-4-5-9-21)40(35,36)23-10-11-24-25(17-23)31-14-13-30-24/h1-3,6-7,10-11,13-14,17,21-22,26-28,33H,4-5,8-9,12,15-16,18-19H2,(H,32,34)/t22-,26+,27-,28?/m1/s1. The second-order valence-corrected chi connectivity index (χ2v) is 12.4. The summed E-state index contributed by atoms with van der Waals surface area (Å²) in [5, 5.41) is 14.2. The molecule has 2 fully saturated rings. The van der Waals surface area contributed by atoms with Gasteiger partial charge in [-0.1, -0.05) is 43.2 Å². The molecule has 1 aromatic heterocycles. The van der Waals surface area contributed by atoms with Gasteiger partial charge in [-0.25, -0.2) is 13.2 Å². The quantitative estimate of drug-likeness (QED) is 0.355. The number of nitrogens with zero attached hydrogens (tertiary/aromatic N) is 2. The first-order valence-electron chi connectivity index (χ1n) is 13.8. The molecule has 1 aliphatic carbocycles. The zero-order valence-electron chi connectivity index (χ0n) is 22.2. The highest BCUT2D eigenvalue weighted by Crippen LogP contribution is 2.30. The van der Waals surface area contributed by atoms with E-state index in [0.29, 0.717) is 30.7 Å². The van der Waals surface area contributed by atoms with Crippen LogP contribution in [0.5, 0.6) is 0 Å². The molecule has 40 heavy (non-hydrogen) atoms. The van der Waals surface area contributed by atoms with Crippen molar-refractivity contribution in [2.24, 2.45) is 0 Å². The molecule has 0 radical (unpaired) electrons. The summed E-state index contributed by atoms with van der Waals surface area (Å²) in [5.41, 5.74) is 0.582. The number of hydrogen-bond acceptors (Lipinski definition) is 9. The Hall–Kier alpha value is -3.12. The Balaban J connectivity index is 1.38. The first kappa shape index (κ1) is 28.4. The zero-order chi connectivity index (χ0) is 28.0. The number of benzene rings is 2. The van der Waals surface area contributed by atoms with E-state index in [-0.39, 0.29) is 29.9 Å². The van der Waals surface area contributed by atoms with Gasteiger partial charge in [0.1, 0.15) is 6.10 Å². The molecule has 2 heterocycles. The second-order valence-electron chi connectivity index (χ2n) is 10.4. The van der Waals surface area contributed by atoms with Crippen LogP contribution in [0.2, 0.25) is 0 Å². The van der Waals surface area contributed by atoms with Crippen LogP contribution in [0.25, 0.3) is 11.0 Å². The number of carbonyl (C=O) groups is 1. The van der Waals surface area contributed by atoms with E-state index in [2.05, 4.69) is 15.3 Å². The maximum atomic E-state index is 13.9. The van der Waals surface area contributed by atoms with E-state index in [1.807, 2.05) is 30.3 Å². The van der Waals surface area contributed by atoms with Crippen molar-refractivity contribution in [1.82, 2.24) is 15.3 Å². The lowest BCUT2D eigenvalue weighted by atomic mass is 9.99. The van der Waals surface area contributed by atoms with Crippen molar-refractivity contribution < 1.29 is 32.5 Å². The van der Waals surface area contributed by atoms with Crippen molar-refractivity contribution in [3.05, 3.63) is 66.5 Å². The molecule has 0 bridgehead atoms. The normalized spacial score (nSPS) is 20.3. The number of rotatable bonds is 11. The summed E-state index contributed by atoms with van der Waals surface area (Å²) in [4.78, 5) is 21.3. The van der Waals surface area contributed by atoms with Crippen LogP contribution in [0.3, 0.4) is 0 Å². The minimum atomic E-state index is -4.04. The lowest BCUT2D eigenvalue weighted by Gasteiger charge is -2.29. The van der Waals surface area contributed by atoms with Gasteiger partial charge in [-0.3, -0.25) is 9.97 Å². The second kappa shape index (κ2) is 13.0. The third-order valence-electron chi connectivity index (χ3n) is 7.42. The predicted octanol–water partition coefficient (Wildman–Crippen LogP) is 3.57. The molecule has 5 rings (SSSR count). The zero-order valence-corrected chi connectivity index (χ0v) is 23.0. The van der Waals surface area contributed by atoms with E-state index in [9.17, 15) is 18.3 Å². The van der Waals surface area contributed by atoms with Crippen molar-refractivity contribution in [2.75, 3.05) is 13.2 Å². The Morgan fingerprint density at radius 3 is 2.50 bits per heavy atom. The molecule has 214 valence electrons. The van der Waals surface area contributed by atoms with Crippen molar-refractivity contribution in [2.45, 2.75) is 79.6 Å². The van der Waals surface area contributed by atoms with E-state index in [1.54, 1.807) is 12.3 Å². The number of nitrogens with one attached hydrogen (secondary N) is 1. The fourth-order valence-corrected chi connectivity index (χ4v) is 6.81. The fourth-order valence-electron chi connectivity index (χ4n) is 5.22. The molecule has 11 heteroatoms. The topological polar surface area (TPSA) is 137 Å². The molecule has 3 aromatic rings. The highest BCUT2D eigenvalue weighted by atomic mass is 32.2. The molecule has 0 spiro atoms. The van der Waals surface area contributed by atoms with Crippen LogP contribution in [0.15, 0.2) is 65.8 Å². The minimum Gasteiger partial charge on any atom is -0.444 e. The average molecular weight is 570 g/mol. The van der Waals surface area contributed by atoms with E-state index < -0.39 is 33.5 Å². The molecule has 1 saturated heterocycles. The summed E-state index contributed by atoms with van der Waals surface area (Å²) >= 11 is 0. The largest absolute Gasteiger partial charge is 0.444 e. The molecule has 10 nitrogen and oxygen atoms in total. The number of aliphatic hydroxyl groups is 1. The summed E-state index contributed by atoms with van der Waals surface area (Å²) in [7, 11) is -4.04. The van der Waals surface area contributed by atoms with E-state index in [4.69, 9.17) is 14.2 Å². The Labute approximate surface area is 234 Å². The third kappa shape index (κ3) is 7.14. The Bertz CT molecular complexity index is 1380. The number of ether oxygens (including phenoxy) is 3. The Morgan fingerprint density at radius 1 is 1.02 bits per heavy atom. The first-order valence-corrected chi connectivity index (χ1v) is 15.3. The van der Waals surface area contributed by atoms with Gasteiger partial charge in [-0.2, -0.15) is 0 Å². The summed E-state index contributed by atoms with van der Waals surface area (Å²) < 4.78 is 44.8. The number of amides is 1. The minimum absolute atomic E-state index is 0.0453. The molecule has 2 aliphatic rings. The van der Waals surface area contributed by atoms with Crippen molar-refractivity contribution in [3.63, 3.8) is 0 Å². The van der Waals surface area contributed by atoms with Gasteiger partial charge < -0.3 is 24.6 Å². The molecule has 1 unspecified atom stereocenters. The maximum Gasteiger partial charge on any atom is 0.407 e. The van der Waals surface area contributed by atoms with Gasteiger partial charge in [0, 0.05) is 25.2 Å². The van der Waals surface area contributed by atoms with Crippen molar-refractivity contribution in [1.29, 1.82) is 0 Å². The molecule has 1 saturated carbocycles. The first-order chi connectivity index (χ1) is 19.4. The fraction of sp³-hybridized carbons (Fsp3) is 0.483. The average Bonchev–Trinajstić information content (AvgIpc) is 3.67. The van der Waals surface area contributed by atoms with Gasteiger partial charge in [0.2, 0.25) is 9.84 Å². The lowest BCUT2D eigenvalue weighted by molar-refractivity contribution is -0.000905. The van der Waals surface area contributed by atoms with Crippen molar-refractivity contribution in [3.8, 4) is 0 Å². The van der Waals surface area contributed by atoms with Crippen LogP contribution in [-0.2, 0) is 30.5 Å². The summed E-state index contributed by atoms with van der Waals surface area (Å²) in [6, 6.07) is 13.2. The van der Waals surface area contributed by atoms with Gasteiger partial charge >= 0.3 is 6.09 Å². The maximum absolute atomic E-state index is 13.9. The summed E-state index contributed by atoms with van der Waals surface area (Å²) in [5.74, 6) is 0.